The van der Waals surface area contributed by atoms with Gasteiger partial charge in [-0.3, -0.25) is 4.79 Å². The number of carbonyl (C=O) groups excluding carboxylic acids is 1. The molecule has 1 rings (SSSR count). The Labute approximate surface area is 93.6 Å². The molecule has 1 amide bonds. The lowest BCUT2D eigenvalue weighted by molar-refractivity contribution is -0.181. The van der Waals surface area contributed by atoms with Gasteiger partial charge in [-0.25, -0.2) is 4.79 Å². The summed E-state index contributed by atoms with van der Waals surface area (Å²) in [6.07, 6.45) is 0. The second kappa shape index (κ2) is 3.79. The van der Waals surface area contributed by atoms with E-state index in [9.17, 15) is 9.59 Å². The van der Waals surface area contributed by atoms with Gasteiger partial charge in [-0.15, -0.1) is 5.06 Å². The summed E-state index contributed by atoms with van der Waals surface area (Å²) in [7, 11) is 0. The monoisotopic (exact) mass is 228 g/mol. The number of amides is 1. The first-order valence-electron chi connectivity index (χ1n) is 4.87. The molecule has 1 unspecified atom stereocenters. The van der Waals surface area contributed by atoms with E-state index < -0.39 is 23.5 Å². The van der Waals surface area contributed by atoms with Gasteiger partial charge in [0.25, 0.3) is 0 Å². The molecule has 1 atom stereocenters. The van der Waals surface area contributed by atoms with Crippen LogP contribution in [-0.2, 0) is 14.4 Å². The molecule has 1 aliphatic heterocycles. The molecular formula is C10H16N2O4. The average Bonchev–Trinajstić information content (AvgIpc) is 2.41. The van der Waals surface area contributed by atoms with Crippen molar-refractivity contribution in [2.45, 2.75) is 39.3 Å². The predicted molar refractivity (Wildman–Crippen MR) is 56.0 cm³/mol. The van der Waals surface area contributed by atoms with Crippen molar-refractivity contribution in [1.82, 2.24) is 5.06 Å². The zero-order valence-electron chi connectivity index (χ0n) is 9.77. The number of primary amides is 1. The molecule has 0 aromatic carbocycles. The highest BCUT2D eigenvalue weighted by atomic mass is 16.7. The Morgan fingerprint density at radius 2 is 1.94 bits per heavy atom. The molecule has 0 aromatic heterocycles. The smallest absolute Gasteiger partial charge is 0.337 e. The highest BCUT2D eigenvalue weighted by Crippen LogP contribution is 2.32. The first kappa shape index (κ1) is 12.5. The largest absolute Gasteiger partial charge is 0.478 e. The minimum atomic E-state index is -1.19. The van der Waals surface area contributed by atoms with Crippen LogP contribution in [0.2, 0.25) is 0 Å². The SMILES string of the molecule is CC1=C(C(=O)O)C(C(N)=O)N(C(C)(C)C)O1. The van der Waals surface area contributed by atoms with E-state index in [-0.39, 0.29) is 11.3 Å². The predicted octanol–water partition coefficient (Wildman–Crippen LogP) is 0.245. The maximum absolute atomic E-state index is 11.3. The van der Waals surface area contributed by atoms with Crippen LogP contribution in [0, 0.1) is 0 Å². The fourth-order valence-corrected chi connectivity index (χ4v) is 1.61. The van der Waals surface area contributed by atoms with Gasteiger partial charge < -0.3 is 15.7 Å². The van der Waals surface area contributed by atoms with Gasteiger partial charge >= 0.3 is 5.97 Å². The van der Waals surface area contributed by atoms with Crippen molar-refractivity contribution in [1.29, 1.82) is 0 Å². The number of hydrogen-bond donors (Lipinski definition) is 2. The van der Waals surface area contributed by atoms with E-state index in [0.29, 0.717) is 0 Å². The Bertz CT molecular complexity index is 368. The van der Waals surface area contributed by atoms with Crippen LogP contribution in [0.5, 0.6) is 0 Å². The number of aliphatic carboxylic acids is 1. The van der Waals surface area contributed by atoms with Crippen LogP contribution in [-0.4, -0.2) is 33.6 Å². The van der Waals surface area contributed by atoms with Gasteiger partial charge in [0.15, 0.2) is 6.04 Å². The van der Waals surface area contributed by atoms with Gasteiger partial charge in [-0.2, -0.15) is 0 Å². The molecule has 0 aliphatic carbocycles. The number of rotatable bonds is 2. The molecule has 0 bridgehead atoms. The number of hydroxylamine groups is 2. The molecule has 16 heavy (non-hydrogen) atoms. The molecule has 0 spiro atoms. The standard InChI is InChI=1S/C10H16N2O4/c1-5-6(9(14)15)7(8(11)13)12(16-5)10(2,3)4/h7H,1-4H3,(H2,11,13)(H,14,15). The number of carboxylic acid groups (broad SMARTS) is 1. The third-order valence-electron chi connectivity index (χ3n) is 2.28. The minimum Gasteiger partial charge on any atom is -0.478 e. The van der Waals surface area contributed by atoms with E-state index in [1.807, 2.05) is 0 Å². The number of hydrogen-bond acceptors (Lipinski definition) is 4. The van der Waals surface area contributed by atoms with Gasteiger partial charge in [0.1, 0.15) is 11.3 Å². The molecule has 0 aromatic rings. The summed E-state index contributed by atoms with van der Waals surface area (Å²) >= 11 is 0. The summed E-state index contributed by atoms with van der Waals surface area (Å²) in [5.74, 6) is -1.72. The van der Waals surface area contributed by atoms with Crippen molar-refractivity contribution < 1.29 is 19.5 Å². The van der Waals surface area contributed by atoms with Crippen LogP contribution >= 0.6 is 0 Å². The molecule has 1 heterocycles. The van der Waals surface area contributed by atoms with Gasteiger partial charge in [0.2, 0.25) is 5.91 Å². The van der Waals surface area contributed by atoms with Crippen molar-refractivity contribution in [3.8, 4) is 0 Å². The van der Waals surface area contributed by atoms with Gasteiger partial charge in [-0.05, 0) is 27.7 Å². The molecule has 6 nitrogen and oxygen atoms in total. The number of carbonyl (C=O) groups is 2. The van der Waals surface area contributed by atoms with Gasteiger partial charge in [0.05, 0.1) is 0 Å². The van der Waals surface area contributed by atoms with Crippen LogP contribution in [0.3, 0.4) is 0 Å². The highest BCUT2D eigenvalue weighted by molar-refractivity contribution is 5.98. The first-order chi connectivity index (χ1) is 7.16. The summed E-state index contributed by atoms with van der Waals surface area (Å²) < 4.78 is 0. The van der Waals surface area contributed by atoms with E-state index in [4.69, 9.17) is 15.7 Å². The molecular weight excluding hydrogens is 212 g/mol. The zero-order valence-corrected chi connectivity index (χ0v) is 9.77. The normalized spacial score (nSPS) is 22.1. The molecule has 1 aliphatic rings. The summed E-state index contributed by atoms with van der Waals surface area (Å²) in [6, 6.07) is -1.04. The van der Waals surface area contributed by atoms with Crippen LogP contribution in [0.15, 0.2) is 11.3 Å². The third-order valence-corrected chi connectivity index (χ3v) is 2.28. The fraction of sp³-hybridized carbons (Fsp3) is 0.600. The average molecular weight is 228 g/mol. The molecule has 0 fully saturated rings. The van der Waals surface area contributed by atoms with E-state index in [0.717, 1.165) is 0 Å². The number of carboxylic acids is 1. The van der Waals surface area contributed by atoms with E-state index in [1.165, 1.54) is 12.0 Å². The summed E-state index contributed by atoms with van der Waals surface area (Å²) in [5.41, 5.74) is 4.61. The summed E-state index contributed by atoms with van der Waals surface area (Å²) in [5, 5.41) is 10.3. The van der Waals surface area contributed by atoms with Crippen molar-refractivity contribution >= 4 is 11.9 Å². The second-order valence-electron chi connectivity index (χ2n) is 4.67. The first-order valence-corrected chi connectivity index (χ1v) is 4.87. The van der Waals surface area contributed by atoms with E-state index in [2.05, 4.69) is 0 Å². The minimum absolute atomic E-state index is 0.0950. The van der Waals surface area contributed by atoms with Crippen molar-refractivity contribution in [2.24, 2.45) is 5.73 Å². The Hall–Kier alpha value is -1.56. The van der Waals surface area contributed by atoms with Crippen LogP contribution in [0.1, 0.15) is 27.7 Å². The Morgan fingerprint density at radius 1 is 1.44 bits per heavy atom. The molecule has 90 valence electrons. The Kier molecular flexibility index (Phi) is 2.96. The highest BCUT2D eigenvalue weighted by Gasteiger charge is 2.46. The fourth-order valence-electron chi connectivity index (χ4n) is 1.61. The molecule has 0 saturated carbocycles. The lowest BCUT2D eigenvalue weighted by Crippen LogP contribution is -2.51. The van der Waals surface area contributed by atoms with Crippen molar-refractivity contribution in [2.75, 3.05) is 0 Å². The number of allylic oxidation sites excluding steroid dienone is 1. The summed E-state index contributed by atoms with van der Waals surface area (Å²) in [6.45, 7) is 6.92. The van der Waals surface area contributed by atoms with Crippen molar-refractivity contribution in [3.05, 3.63) is 11.3 Å². The van der Waals surface area contributed by atoms with Gasteiger partial charge in [0, 0.05) is 5.54 Å². The second-order valence-corrected chi connectivity index (χ2v) is 4.67. The number of nitrogens with two attached hydrogens (primary N) is 1. The molecule has 6 heteroatoms. The number of nitrogens with zero attached hydrogens (tertiary/aromatic N) is 1. The topological polar surface area (TPSA) is 92.9 Å². The van der Waals surface area contributed by atoms with Crippen LogP contribution in [0.25, 0.3) is 0 Å². The van der Waals surface area contributed by atoms with Gasteiger partial charge in [-0.1, -0.05) is 0 Å². The van der Waals surface area contributed by atoms with E-state index in [1.54, 1.807) is 20.8 Å². The Balaban J connectivity index is 3.17. The van der Waals surface area contributed by atoms with E-state index >= 15 is 0 Å². The lowest BCUT2D eigenvalue weighted by atomic mass is 10.0. The summed E-state index contributed by atoms with van der Waals surface area (Å²) in [4.78, 5) is 27.7. The molecule has 3 N–H and O–H groups in total. The third kappa shape index (κ3) is 2.01. The molecule has 0 saturated heterocycles. The maximum Gasteiger partial charge on any atom is 0.337 e. The van der Waals surface area contributed by atoms with Crippen LogP contribution in [0.4, 0.5) is 0 Å². The molecule has 0 radical (unpaired) electrons. The Morgan fingerprint density at radius 3 is 2.25 bits per heavy atom. The zero-order chi connectivity index (χ0) is 12.7. The maximum atomic E-state index is 11.3. The lowest BCUT2D eigenvalue weighted by Gasteiger charge is -2.33. The van der Waals surface area contributed by atoms with Crippen LogP contribution < -0.4 is 5.73 Å². The van der Waals surface area contributed by atoms with Crippen molar-refractivity contribution in [3.63, 3.8) is 0 Å². The quantitative estimate of drug-likeness (QED) is 0.706.